The summed E-state index contributed by atoms with van der Waals surface area (Å²) in [6, 6.07) is 14.3. The highest BCUT2D eigenvalue weighted by Gasteiger charge is 2.04. The number of amides is 1. The van der Waals surface area contributed by atoms with E-state index < -0.39 is 0 Å². The van der Waals surface area contributed by atoms with Crippen molar-refractivity contribution < 1.29 is 4.79 Å². The normalized spacial score (nSPS) is 10.5. The highest BCUT2D eigenvalue weighted by molar-refractivity contribution is 5.99. The van der Waals surface area contributed by atoms with E-state index in [-0.39, 0.29) is 11.7 Å². The molecule has 122 valence electrons. The first-order valence-corrected chi connectivity index (χ1v) is 7.52. The number of benzene rings is 2. The number of carbonyl (C=O) groups excluding carboxylic acids is 1. The second-order valence-electron chi connectivity index (χ2n) is 5.35. The van der Waals surface area contributed by atoms with Crippen LogP contribution in [0.4, 0.5) is 0 Å². The fourth-order valence-electron chi connectivity index (χ4n) is 2.13. The van der Waals surface area contributed by atoms with Crippen LogP contribution in [0, 0.1) is 10.8 Å². The van der Waals surface area contributed by atoms with Gasteiger partial charge in [0.1, 0.15) is 5.84 Å². The van der Waals surface area contributed by atoms with Gasteiger partial charge in [0, 0.05) is 23.4 Å². The van der Waals surface area contributed by atoms with Crippen LogP contribution in [0.5, 0.6) is 0 Å². The zero-order valence-electron chi connectivity index (χ0n) is 13.5. The van der Waals surface area contributed by atoms with Crippen molar-refractivity contribution in [2.75, 3.05) is 6.54 Å². The Bertz CT molecular complexity index is 791. The van der Waals surface area contributed by atoms with E-state index in [1.54, 1.807) is 37.3 Å². The standard InChI is InChI=1S/C19H20N4O/c1-13(20)15-7-9-16(10-8-15)19(24)23-11-3-5-14-4-2-6-17(12-14)18(21)22/h2-10,12,20H,11H2,1H3,(H3,21,22)(H,23,24)/b5-3+,20-13?. The van der Waals surface area contributed by atoms with E-state index in [0.29, 0.717) is 23.4 Å². The Balaban J connectivity index is 1.91. The number of hydrogen-bond acceptors (Lipinski definition) is 3. The van der Waals surface area contributed by atoms with E-state index in [9.17, 15) is 4.79 Å². The molecule has 5 nitrogen and oxygen atoms in total. The van der Waals surface area contributed by atoms with Crippen molar-refractivity contribution in [3.8, 4) is 0 Å². The first-order valence-electron chi connectivity index (χ1n) is 7.52. The quantitative estimate of drug-likeness (QED) is 0.485. The fraction of sp³-hybridized carbons (Fsp3) is 0.105. The van der Waals surface area contributed by atoms with E-state index >= 15 is 0 Å². The molecule has 0 saturated heterocycles. The minimum absolute atomic E-state index is 0.0298. The number of amidine groups is 1. The summed E-state index contributed by atoms with van der Waals surface area (Å²) in [4.78, 5) is 12.0. The minimum atomic E-state index is -0.161. The monoisotopic (exact) mass is 320 g/mol. The topological polar surface area (TPSA) is 103 Å². The van der Waals surface area contributed by atoms with Gasteiger partial charge in [0.25, 0.3) is 5.91 Å². The molecule has 0 heterocycles. The Kier molecular flexibility index (Phi) is 5.63. The molecule has 0 saturated carbocycles. The van der Waals surface area contributed by atoms with E-state index in [1.165, 1.54) is 0 Å². The zero-order valence-corrected chi connectivity index (χ0v) is 13.5. The number of rotatable bonds is 6. The molecule has 0 radical (unpaired) electrons. The summed E-state index contributed by atoms with van der Waals surface area (Å²) in [5.74, 6) is -0.131. The molecule has 0 spiro atoms. The molecule has 2 aromatic rings. The maximum atomic E-state index is 12.0. The number of carbonyl (C=O) groups is 1. The van der Waals surface area contributed by atoms with Gasteiger partial charge in [-0.25, -0.2) is 0 Å². The molecule has 2 rings (SSSR count). The zero-order chi connectivity index (χ0) is 17.5. The van der Waals surface area contributed by atoms with E-state index in [1.807, 2.05) is 30.4 Å². The first-order chi connectivity index (χ1) is 11.5. The van der Waals surface area contributed by atoms with Crippen molar-refractivity contribution in [2.24, 2.45) is 5.73 Å². The number of nitrogens with two attached hydrogens (primary N) is 1. The summed E-state index contributed by atoms with van der Waals surface area (Å²) in [5.41, 5.74) is 8.88. The van der Waals surface area contributed by atoms with Crippen LogP contribution in [-0.4, -0.2) is 24.0 Å². The molecule has 5 N–H and O–H groups in total. The molecule has 0 aliphatic carbocycles. The molecule has 5 heteroatoms. The van der Waals surface area contributed by atoms with Gasteiger partial charge in [-0.1, -0.05) is 42.5 Å². The van der Waals surface area contributed by atoms with Gasteiger partial charge in [-0.15, -0.1) is 0 Å². The molecule has 0 aliphatic rings. The maximum Gasteiger partial charge on any atom is 0.251 e. The third kappa shape index (κ3) is 4.64. The molecule has 2 aromatic carbocycles. The van der Waals surface area contributed by atoms with Crippen LogP contribution in [0.1, 0.15) is 34.0 Å². The van der Waals surface area contributed by atoms with Gasteiger partial charge in [-0.05, 0) is 36.2 Å². The fourth-order valence-corrected chi connectivity index (χ4v) is 2.13. The molecule has 0 unspecified atom stereocenters. The van der Waals surface area contributed by atoms with Crippen LogP contribution in [0.15, 0.2) is 54.6 Å². The Morgan fingerprint density at radius 2 is 1.75 bits per heavy atom. The van der Waals surface area contributed by atoms with Gasteiger partial charge in [0.05, 0.1) is 0 Å². The lowest BCUT2D eigenvalue weighted by atomic mass is 10.1. The first kappa shape index (κ1) is 17.1. The SMILES string of the molecule is CC(=N)c1ccc(C(=O)NC/C=C/c2cccc(C(=N)N)c2)cc1. The minimum Gasteiger partial charge on any atom is -0.384 e. The van der Waals surface area contributed by atoms with E-state index in [4.69, 9.17) is 16.6 Å². The molecule has 1 amide bonds. The summed E-state index contributed by atoms with van der Waals surface area (Å²) >= 11 is 0. The lowest BCUT2D eigenvalue weighted by molar-refractivity contribution is 0.0958. The van der Waals surface area contributed by atoms with Gasteiger partial charge >= 0.3 is 0 Å². The lowest BCUT2D eigenvalue weighted by Crippen LogP contribution is -2.23. The van der Waals surface area contributed by atoms with Crippen LogP contribution in [0.3, 0.4) is 0 Å². The highest BCUT2D eigenvalue weighted by Crippen LogP contribution is 2.07. The predicted octanol–water partition coefficient (Wildman–Crippen LogP) is 2.80. The average Bonchev–Trinajstić information content (AvgIpc) is 2.59. The number of nitrogens with one attached hydrogen (secondary N) is 3. The van der Waals surface area contributed by atoms with E-state index in [0.717, 1.165) is 11.1 Å². The van der Waals surface area contributed by atoms with Crippen molar-refractivity contribution in [2.45, 2.75) is 6.92 Å². The molecule has 0 atom stereocenters. The summed E-state index contributed by atoms with van der Waals surface area (Å²) < 4.78 is 0. The van der Waals surface area contributed by atoms with Crippen molar-refractivity contribution in [3.05, 3.63) is 76.9 Å². The molecule has 0 bridgehead atoms. The molecule has 24 heavy (non-hydrogen) atoms. The maximum absolute atomic E-state index is 12.0. The third-order valence-electron chi connectivity index (χ3n) is 3.47. The summed E-state index contributed by atoms with van der Waals surface area (Å²) in [6.07, 6.45) is 3.71. The van der Waals surface area contributed by atoms with Crippen molar-refractivity contribution >= 4 is 23.5 Å². The van der Waals surface area contributed by atoms with Crippen LogP contribution >= 0.6 is 0 Å². The summed E-state index contributed by atoms with van der Waals surface area (Å²) in [7, 11) is 0. The molecule has 0 aromatic heterocycles. The largest absolute Gasteiger partial charge is 0.384 e. The Hall–Kier alpha value is -3.21. The van der Waals surface area contributed by atoms with Crippen LogP contribution in [0.2, 0.25) is 0 Å². The predicted molar refractivity (Wildman–Crippen MR) is 97.8 cm³/mol. The van der Waals surface area contributed by atoms with Crippen LogP contribution in [-0.2, 0) is 0 Å². The number of nitrogen functional groups attached to an aromatic ring is 1. The average molecular weight is 320 g/mol. The Morgan fingerprint density at radius 1 is 1.08 bits per heavy atom. The highest BCUT2D eigenvalue weighted by atomic mass is 16.1. The van der Waals surface area contributed by atoms with Crippen LogP contribution < -0.4 is 11.1 Å². The molecular weight excluding hydrogens is 300 g/mol. The lowest BCUT2D eigenvalue weighted by Gasteiger charge is -2.04. The van der Waals surface area contributed by atoms with Crippen molar-refractivity contribution in [1.29, 1.82) is 10.8 Å². The summed E-state index contributed by atoms with van der Waals surface area (Å²) in [6.45, 7) is 2.11. The van der Waals surface area contributed by atoms with E-state index in [2.05, 4.69) is 5.32 Å². The number of hydrogen-bond donors (Lipinski definition) is 4. The summed E-state index contributed by atoms with van der Waals surface area (Å²) in [5, 5.41) is 17.8. The molecular formula is C19H20N4O. The van der Waals surface area contributed by atoms with Gasteiger partial charge in [-0.3, -0.25) is 10.2 Å². The second-order valence-corrected chi connectivity index (χ2v) is 5.35. The van der Waals surface area contributed by atoms with Gasteiger partial charge in [0.2, 0.25) is 0 Å². The second kappa shape index (κ2) is 7.87. The van der Waals surface area contributed by atoms with Gasteiger partial charge in [0.15, 0.2) is 0 Å². The third-order valence-corrected chi connectivity index (χ3v) is 3.47. The molecule has 0 aliphatic heterocycles. The van der Waals surface area contributed by atoms with Crippen molar-refractivity contribution in [3.63, 3.8) is 0 Å². The van der Waals surface area contributed by atoms with Crippen LogP contribution in [0.25, 0.3) is 6.08 Å². The van der Waals surface area contributed by atoms with Crippen molar-refractivity contribution in [1.82, 2.24) is 5.32 Å². The Morgan fingerprint density at radius 3 is 2.38 bits per heavy atom. The van der Waals surface area contributed by atoms with Gasteiger partial charge < -0.3 is 16.5 Å². The smallest absolute Gasteiger partial charge is 0.251 e. The van der Waals surface area contributed by atoms with Gasteiger partial charge in [-0.2, -0.15) is 0 Å². The Labute approximate surface area is 141 Å². The molecule has 0 fully saturated rings.